The zero-order valence-corrected chi connectivity index (χ0v) is 16.2. The molecular weight excluding hydrogens is 374 g/mol. The van der Waals surface area contributed by atoms with E-state index in [2.05, 4.69) is 10.2 Å². The standard InChI is InChI=1S/C21H23N3O5/c1-14-4-6-16(12-18(14)24(26)27)22-21(25)13-23-8-2-3-17(23)15-5-7-19-20(11-15)29-10-9-28-19/h4-7,11-12,17H,2-3,8-10,13H2,1H3,(H,22,25)/t17-/m1/s1. The molecule has 1 amide bonds. The van der Waals surface area contributed by atoms with Crippen molar-refractivity contribution in [3.63, 3.8) is 0 Å². The summed E-state index contributed by atoms with van der Waals surface area (Å²) < 4.78 is 11.3. The van der Waals surface area contributed by atoms with Crippen LogP contribution in [0.15, 0.2) is 36.4 Å². The van der Waals surface area contributed by atoms with E-state index in [-0.39, 0.29) is 24.2 Å². The molecule has 152 valence electrons. The second-order valence-corrected chi connectivity index (χ2v) is 7.34. The van der Waals surface area contributed by atoms with Gasteiger partial charge in [-0.2, -0.15) is 0 Å². The SMILES string of the molecule is Cc1ccc(NC(=O)CN2CCC[C@@H]2c2ccc3c(c2)OCCO3)cc1[N+](=O)[O-]. The lowest BCUT2D eigenvalue weighted by atomic mass is 10.0. The molecule has 4 rings (SSSR count). The van der Waals surface area contributed by atoms with E-state index >= 15 is 0 Å². The molecule has 0 saturated carbocycles. The summed E-state index contributed by atoms with van der Waals surface area (Å²) in [5, 5.41) is 13.9. The average Bonchev–Trinajstić information content (AvgIpc) is 3.16. The Balaban J connectivity index is 1.44. The minimum Gasteiger partial charge on any atom is -0.486 e. The third-order valence-corrected chi connectivity index (χ3v) is 5.35. The molecule has 2 aromatic carbocycles. The van der Waals surface area contributed by atoms with Gasteiger partial charge in [-0.15, -0.1) is 0 Å². The normalized spacial score (nSPS) is 18.4. The molecule has 8 nitrogen and oxygen atoms in total. The van der Waals surface area contributed by atoms with E-state index in [0.29, 0.717) is 24.5 Å². The molecule has 2 aromatic rings. The fourth-order valence-electron chi connectivity index (χ4n) is 3.93. The Bertz CT molecular complexity index is 946. The number of fused-ring (bicyclic) bond motifs is 1. The van der Waals surface area contributed by atoms with Crippen molar-refractivity contribution in [2.24, 2.45) is 0 Å². The third-order valence-electron chi connectivity index (χ3n) is 5.35. The molecule has 1 N–H and O–H groups in total. The molecule has 0 unspecified atom stereocenters. The molecule has 1 saturated heterocycles. The molecule has 0 spiro atoms. The highest BCUT2D eigenvalue weighted by Crippen LogP contribution is 2.38. The van der Waals surface area contributed by atoms with Gasteiger partial charge >= 0.3 is 0 Å². The highest BCUT2D eigenvalue weighted by molar-refractivity contribution is 5.92. The molecule has 2 aliphatic heterocycles. The molecular formula is C21H23N3O5. The van der Waals surface area contributed by atoms with Crippen molar-refractivity contribution in [2.45, 2.75) is 25.8 Å². The van der Waals surface area contributed by atoms with E-state index in [1.54, 1.807) is 19.1 Å². The predicted molar refractivity (Wildman–Crippen MR) is 107 cm³/mol. The number of nitro benzene ring substituents is 1. The van der Waals surface area contributed by atoms with E-state index in [1.165, 1.54) is 6.07 Å². The summed E-state index contributed by atoms with van der Waals surface area (Å²) in [6.45, 7) is 3.81. The number of rotatable bonds is 5. The van der Waals surface area contributed by atoms with Crippen LogP contribution in [0.2, 0.25) is 0 Å². The first kappa shape index (κ1) is 19.2. The number of aryl methyl sites for hydroxylation is 1. The van der Waals surface area contributed by atoms with Crippen molar-refractivity contribution in [2.75, 3.05) is 31.6 Å². The average molecular weight is 397 g/mol. The summed E-state index contributed by atoms with van der Waals surface area (Å²) in [5.41, 5.74) is 2.09. The van der Waals surface area contributed by atoms with Crippen molar-refractivity contribution in [3.05, 3.63) is 57.6 Å². The van der Waals surface area contributed by atoms with Crippen LogP contribution in [0, 0.1) is 17.0 Å². The lowest BCUT2D eigenvalue weighted by Gasteiger charge is -2.26. The maximum absolute atomic E-state index is 12.6. The maximum atomic E-state index is 12.6. The van der Waals surface area contributed by atoms with E-state index < -0.39 is 4.92 Å². The van der Waals surface area contributed by atoms with Gasteiger partial charge in [-0.25, -0.2) is 0 Å². The Labute approximate surface area is 168 Å². The second-order valence-electron chi connectivity index (χ2n) is 7.34. The molecule has 0 bridgehead atoms. The van der Waals surface area contributed by atoms with Crippen LogP contribution in [0.1, 0.15) is 30.0 Å². The van der Waals surface area contributed by atoms with Gasteiger partial charge in [-0.3, -0.25) is 19.8 Å². The van der Waals surface area contributed by atoms with Crippen molar-refractivity contribution >= 4 is 17.3 Å². The lowest BCUT2D eigenvalue weighted by molar-refractivity contribution is -0.385. The predicted octanol–water partition coefficient (Wildman–Crippen LogP) is 3.45. The fourth-order valence-corrected chi connectivity index (χ4v) is 3.93. The number of nitro groups is 1. The van der Waals surface area contributed by atoms with Gasteiger partial charge in [0.25, 0.3) is 5.69 Å². The van der Waals surface area contributed by atoms with Crippen molar-refractivity contribution in [3.8, 4) is 11.5 Å². The van der Waals surface area contributed by atoms with E-state index in [4.69, 9.17) is 9.47 Å². The molecule has 29 heavy (non-hydrogen) atoms. The molecule has 1 atom stereocenters. The minimum atomic E-state index is -0.441. The Morgan fingerprint density at radius 1 is 1.21 bits per heavy atom. The minimum absolute atomic E-state index is 0.00173. The van der Waals surface area contributed by atoms with Gasteiger partial charge in [0.1, 0.15) is 13.2 Å². The van der Waals surface area contributed by atoms with Gasteiger partial charge in [0.05, 0.1) is 11.5 Å². The molecule has 2 aliphatic rings. The van der Waals surface area contributed by atoms with Crippen LogP contribution in [-0.4, -0.2) is 42.0 Å². The highest BCUT2D eigenvalue weighted by atomic mass is 16.6. The number of hydrogen-bond acceptors (Lipinski definition) is 6. The summed E-state index contributed by atoms with van der Waals surface area (Å²) in [6, 6.07) is 10.8. The quantitative estimate of drug-likeness (QED) is 0.613. The summed E-state index contributed by atoms with van der Waals surface area (Å²) in [7, 11) is 0. The molecule has 0 radical (unpaired) electrons. The van der Waals surface area contributed by atoms with Crippen LogP contribution >= 0.6 is 0 Å². The van der Waals surface area contributed by atoms with Gasteiger partial charge in [0, 0.05) is 23.4 Å². The van der Waals surface area contributed by atoms with Gasteiger partial charge in [0.2, 0.25) is 5.91 Å². The number of hydrogen-bond donors (Lipinski definition) is 1. The van der Waals surface area contributed by atoms with Gasteiger partial charge in [-0.05, 0) is 50.1 Å². The number of ether oxygens (including phenoxy) is 2. The zero-order valence-electron chi connectivity index (χ0n) is 16.2. The first-order valence-electron chi connectivity index (χ1n) is 9.70. The number of benzene rings is 2. The number of anilines is 1. The fraction of sp³-hybridized carbons (Fsp3) is 0.381. The molecule has 0 aromatic heterocycles. The van der Waals surface area contributed by atoms with Crippen molar-refractivity contribution < 1.29 is 19.2 Å². The number of nitrogens with zero attached hydrogens (tertiary/aromatic N) is 2. The van der Waals surface area contributed by atoms with Gasteiger partial charge in [-0.1, -0.05) is 12.1 Å². The van der Waals surface area contributed by atoms with Crippen molar-refractivity contribution in [1.29, 1.82) is 0 Å². The van der Waals surface area contributed by atoms with E-state index in [0.717, 1.165) is 36.4 Å². The van der Waals surface area contributed by atoms with Gasteiger partial charge < -0.3 is 14.8 Å². The van der Waals surface area contributed by atoms with Crippen LogP contribution in [0.3, 0.4) is 0 Å². The number of likely N-dealkylation sites (tertiary alicyclic amines) is 1. The summed E-state index contributed by atoms with van der Waals surface area (Å²) in [4.78, 5) is 25.4. The molecule has 1 fully saturated rings. The van der Waals surface area contributed by atoms with Crippen LogP contribution in [-0.2, 0) is 4.79 Å². The summed E-state index contributed by atoms with van der Waals surface area (Å²) in [5.74, 6) is 1.31. The smallest absolute Gasteiger partial charge is 0.274 e. The third kappa shape index (κ3) is 4.17. The topological polar surface area (TPSA) is 93.9 Å². The van der Waals surface area contributed by atoms with Gasteiger partial charge in [0.15, 0.2) is 11.5 Å². The largest absolute Gasteiger partial charge is 0.486 e. The molecule has 0 aliphatic carbocycles. The highest BCUT2D eigenvalue weighted by Gasteiger charge is 2.29. The first-order valence-corrected chi connectivity index (χ1v) is 9.70. The van der Waals surface area contributed by atoms with Crippen LogP contribution in [0.4, 0.5) is 11.4 Å². The maximum Gasteiger partial charge on any atom is 0.274 e. The monoisotopic (exact) mass is 397 g/mol. The Kier molecular flexibility index (Phi) is 5.35. The van der Waals surface area contributed by atoms with Crippen LogP contribution in [0.25, 0.3) is 0 Å². The van der Waals surface area contributed by atoms with Crippen LogP contribution < -0.4 is 14.8 Å². The first-order chi connectivity index (χ1) is 14.0. The zero-order chi connectivity index (χ0) is 20.4. The second kappa shape index (κ2) is 8.08. The summed E-state index contributed by atoms with van der Waals surface area (Å²) in [6.07, 6.45) is 1.96. The van der Waals surface area contributed by atoms with Crippen LogP contribution in [0.5, 0.6) is 11.5 Å². The Morgan fingerprint density at radius 2 is 2.00 bits per heavy atom. The Morgan fingerprint density at radius 3 is 2.79 bits per heavy atom. The number of amides is 1. The lowest BCUT2D eigenvalue weighted by Crippen LogP contribution is -2.33. The number of nitrogens with one attached hydrogen (secondary N) is 1. The molecule has 8 heteroatoms. The number of carbonyl (C=O) groups is 1. The number of carbonyl (C=O) groups excluding carboxylic acids is 1. The Hall–Kier alpha value is -3.13. The van der Waals surface area contributed by atoms with Crippen molar-refractivity contribution in [1.82, 2.24) is 4.90 Å². The molecule has 2 heterocycles. The summed E-state index contributed by atoms with van der Waals surface area (Å²) >= 11 is 0. The van der Waals surface area contributed by atoms with E-state index in [1.807, 2.05) is 18.2 Å². The van der Waals surface area contributed by atoms with E-state index in [9.17, 15) is 14.9 Å².